The van der Waals surface area contributed by atoms with Crippen molar-refractivity contribution in [1.29, 1.82) is 0 Å². The number of carboxylic acids is 1. The van der Waals surface area contributed by atoms with E-state index in [-0.39, 0.29) is 6.42 Å². The number of aliphatic carboxylic acids is 1. The van der Waals surface area contributed by atoms with E-state index < -0.39 is 23.1 Å². The van der Waals surface area contributed by atoms with E-state index in [0.29, 0.717) is 24.3 Å². The molecular weight excluding hydrogens is 281 g/mol. The second-order valence-electron chi connectivity index (χ2n) is 6.16. The van der Waals surface area contributed by atoms with E-state index in [1.165, 1.54) is 6.07 Å². The van der Waals surface area contributed by atoms with Gasteiger partial charge < -0.3 is 5.11 Å². The quantitative estimate of drug-likeness (QED) is 0.890. The number of benzene rings is 1. The third-order valence-electron chi connectivity index (χ3n) is 4.34. The van der Waals surface area contributed by atoms with Crippen molar-refractivity contribution in [2.45, 2.75) is 45.2 Å². The highest BCUT2D eigenvalue weighted by atomic mass is 19.4. The summed E-state index contributed by atoms with van der Waals surface area (Å²) in [5.41, 5.74) is -1.20. The maximum Gasteiger partial charge on any atom is 0.416 e. The van der Waals surface area contributed by atoms with E-state index in [4.69, 9.17) is 0 Å². The molecule has 0 spiro atoms. The first kappa shape index (κ1) is 15.9. The van der Waals surface area contributed by atoms with Crippen LogP contribution in [0.25, 0.3) is 0 Å². The number of alkyl halides is 3. The van der Waals surface area contributed by atoms with Gasteiger partial charge in [-0.2, -0.15) is 13.2 Å². The monoisotopic (exact) mass is 300 g/mol. The van der Waals surface area contributed by atoms with Crippen molar-refractivity contribution in [3.63, 3.8) is 0 Å². The maximum absolute atomic E-state index is 12.7. The van der Waals surface area contributed by atoms with Crippen molar-refractivity contribution in [3.05, 3.63) is 35.4 Å². The molecule has 1 aliphatic rings. The summed E-state index contributed by atoms with van der Waals surface area (Å²) in [5, 5.41) is 9.57. The van der Waals surface area contributed by atoms with E-state index >= 15 is 0 Å². The lowest BCUT2D eigenvalue weighted by atomic mass is 9.67. The summed E-state index contributed by atoms with van der Waals surface area (Å²) in [5.74, 6) is -0.605. The molecule has 2 atom stereocenters. The predicted octanol–water partition coefficient (Wildman–Crippen LogP) is 4.53. The summed E-state index contributed by atoms with van der Waals surface area (Å²) >= 11 is 0. The van der Waals surface area contributed by atoms with Crippen molar-refractivity contribution >= 4 is 5.97 Å². The summed E-state index contributed by atoms with van der Waals surface area (Å²) in [7, 11) is 0. The van der Waals surface area contributed by atoms with Gasteiger partial charge in [0.15, 0.2) is 0 Å². The summed E-state index contributed by atoms with van der Waals surface area (Å²) < 4.78 is 38.2. The largest absolute Gasteiger partial charge is 0.481 e. The molecule has 1 aromatic carbocycles. The molecule has 0 bridgehead atoms. The summed E-state index contributed by atoms with van der Waals surface area (Å²) in [6, 6.07) is 5.02. The molecule has 1 saturated carbocycles. The minimum atomic E-state index is -4.40. The van der Waals surface area contributed by atoms with Crippen molar-refractivity contribution in [3.8, 4) is 0 Å². The fraction of sp³-hybridized carbons (Fsp3) is 0.562. The zero-order valence-electron chi connectivity index (χ0n) is 11.9. The Bertz CT molecular complexity index is 524. The molecule has 5 heteroatoms. The molecule has 0 heterocycles. The first-order chi connectivity index (χ1) is 9.73. The van der Waals surface area contributed by atoms with Gasteiger partial charge in [0.2, 0.25) is 0 Å². The molecule has 2 nitrogen and oxygen atoms in total. The smallest absolute Gasteiger partial charge is 0.416 e. The van der Waals surface area contributed by atoms with Crippen molar-refractivity contribution in [2.24, 2.45) is 11.3 Å². The number of carboxylic acid groups (broad SMARTS) is 1. The fourth-order valence-electron chi connectivity index (χ4n) is 3.34. The van der Waals surface area contributed by atoms with E-state index in [9.17, 15) is 23.1 Å². The molecule has 0 radical (unpaired) electrons. The average molecular weight is 300 g/mol. The van der Waals surface area contributed by atoms with Gasteiger partial charge in [-0.3, -0.25) is 4.79 Å². The standard InChI is InChI=1S/C16H19F3O2/c1-11-4-3-7-15(9-11,14(20)21)10-12-5-2-6-13(8-12)16(17,18)19/h2,5-6,8,11H,3-4,7,9-10H2,1H3,(H,20,21). The molecule has 21 heavy (non-hydrogen) atoms. The lowest BCUT2D eigenvalue weighted by molar-refractivity contribution is -0.152. The zero-order valence-corrected chi connectivity index (χ0v) is 11.9. The maximum atomic E-state index is 12.7. The Morgan fingerprint density at radius 1 is 1.43 bits per heavy atom. The molecule has 1 aliphatic carbocycles. The van der Waals surface area contributed by atoms with Gasteiger partial charge in [-0.1, -0.05) is 38.0 Å². The molecule has 2 rings (SSSR count). The van der Waals surface area contributed by atoms with Crippen molar-refractivity contribution in [2.75, 3.05) is 0 Å². The summed E-state index contributed by atoms with van der Waals surface area (Å²) in [6.45, 7) is 2.00. The van der Waals surface area contributed by atoms with Gasteiger partial charge in [-0.15, -0.1) is 0 Å². The topological polar surface area (TPSA) is 37.3 Å². The Morgan fingerprint density at radius 3 is 2.71 bits per heavy atom. The van der Waals surface area contributed by atoms with Crippen molar-refractivity contribution < 1.29 is 23.1 Å². The molecule has 0 saturated heterocycles. The van der Waals surface area contributed by atoms with E-state index in [1.807, 2.05) is 6.92 Å². The number of rotatable bonds is 3. The van der Waals surface area contributed by atoms with Crippen LogP contribution >= 0.6 is 0 Å². The predicted molar refractivity (Wildman–Crippen MR) is 72.8 cm³/mol. The van der Waals surface area contributed by atoms with Gasteiger partial charge in [0.1, 0.15) is 0 Å². The van der Waals surface area contributed by atoms with Gasteiger partial charge in [-0.25, -0.2) is 0 Å². The Morgan fingerprint density at radius 2 is 2.14 bits per heavy atom. The van der Waals surface area contributed by atoms with Crippen LogP contribution in [0.1, 0.15) is 43.7 Å². The van der Waals surface area contributed by atoms with Gasteiger partial charge in [0, 0.05) is 0 Å². The minimum absolute atomic E-state index is 0.163. The van der Waals surface area contributed by atoms with Gasteiger partial charge in [0.25, 0.3) is 0 Å². The third kappa shape index (κ3) is 3.57. The van der Waals surface area contributed by atoms with Crippen LogP contribution in [0.5, 0.6) is 0 Å². The van der Waals surface area contributed by atoms with E-state index in [2.05, 4.69) is 0 Å². The normalized spacial score (nSPS) is 26.6. The van der Waals surface area contributed by atoms with Crippen LogP contribution in [-0.4, -0.2) is 11.1 Å². The SMILES string of the molecule is CC1CCCC(Cc2cccc(C(F)(F)F)c2)(C(=O)O)C1. The van der Waals surface area contributed by atoms with E-state index in [1.54, 1.807) is 6.07 Å². The molecule has 1 N–H and O–H groups in total. The van der Waals surface area contributed by atoms with Crippen LogP contribution in [0.2, 0.25) is 0 Å². The van der Waals surface area contributed by atoms with Gasteiger partial charge >= 0.3 is 12.1 Å². The highest BCUT2D eigenvalue weighted by Gasteiger charge is 2.42. The molecular formula is C16H19F3O2. The minimum Gasteiger partial charge on any atom is -0.481 e. The Kier molecular flexibility index (Phi) is 4.30. The summed E-state index contributed by atoms with van der Waals surface area (Å²) in [4.78, 5) is 11.7. The first-order valence-corrected chi connectivity index (χ1v) is 7.12. The highest BCUT2D eigenvalue weighted by Crippen LogP contribution is 2.42. The summed E-state index contributed by atoms with van der Waals surface area (Å²) in [6.07, 6.45) is -1.38. The van der Waals surface area contributed by atoms with Crippen LogP contribution in [0, 0.1) is 11.3 Å². The Labute approximate surface area is 122 Å². The van der Waals surface area contributed by atoms with Crippen LogP contribution in [-0.2, 0) is 17.4 Å². The third-order valence-corrected chi connectivity index (χ3v) is 4.34. The van der Waals surface area contributed by atoms with E-state index in [0.717, 1.165) is 25.0 Å². The molecule has 1 aromatic rings. The number of hydrogen-bond acceptors (Lipinski definition) is 1. The average Bonchev–Trinajstić information content (AvgIpc) is 2.38. The Hall–Kier alpha value is -1.52. The number of halogens is 3. The molecule has 116 valence electrons. The lowest BCUT2D eigenvalue weighted by Crippen LogP contribution is -2.38. The zero-order chi connectivity index (χ0) is 15.7. The Balaban J connectivity index is 2.28. The molecule has 0 aromatic heterocycles. The van der Waals surface area contributed by atoms with Crippen molar-refractivity contribution in [1.82, 2.24) is 0 Å². The van der Waals surface area contributed by atoms with Crippen LogP contribution < -0.4 is 0 Å². The van der Waals surface area contributed by atoms with Crippen LogP contribution in [0.15, 0.2) is 24.3 Å². The number of carbonyl (C=O) groups is 1. The molecule has 1 fully saturated rings. The van der Waals surface area contributed by atoms with Crippen LogP contribution in [0.3, 0.4) is 0 Å². The molecule has 2 unspecified atom stereocenters. The second-order valence-corrected chi connectivity index (χ2v) is 6.16. The second kappa shape index (κ2) is 5.70. The molecule has 0 amide bonds. The lowest BCUT2D eigenvalue weighted by Gasteiger charge is -2.36. The van der Waals surface area contributed by atoms with Crippen LogP contribution in [0.4, 0.5) is 13.2 Å². The van der Waals surface area contributed by atoms with Gasteiger partial charge in [-0.05, 0) is 36.8 Å². The molecule has 0 aliphatic heterocycles. The first-order valence-electron chi connectivity index (χ1n) is 7.12. The number of hydrogen-bond donors (Lipinski definition) is 1. The highest BCUT2D eigenvalue weighted by molar-refractivity contribution is 5.75. The van der Waals surface area contributed by atoms with Gasteiger partial charge in [0.05, 0.1) is 11.0 Å². The fourth-order valence-corrected chi connectivity index (χ4v) is 3.34.